The molecule has 0 fully saturated rings. The molecule has 0 aliphatic rings. The SMILES string of the molecule is COc1ccc(CCC(C)n2ccc3cc(OC)c(OC)cc32)cc1. The van der Waals surface area contributed by atoms with Gasteiger partial charge in [0, 0.05) is 23.7 Å². The van der Waals surface area contributed by atoms with Crippen molar-refractivity contribution in [2.24, 2.45) is 0 Å². The van der Waals surface area contributed by atoms with Gasteiger partial charge in [-0.2, -0.15) is 0 Å². The summed E-state index contributed by atoms with van der Waals surface area (Å²) in [5, 5.41) is 1.16. The maximum Gasteiger partial charge on any atom is 0.162 e. The van der Waals surface area contributed by atoms with Gasteiger partial charge in [0.2, 0.25) is 0 Å². The summed E-state index contributed by atoms with van der Waals surface area (Å²) in [6.45, 7) is 2.25. The minimum absolute atomic E-state index is 0.387. The first-order chi connectivity index (χ1) is 12.2. The molecule has 0 amide bonds. The summed E-state index contributed by atoms with van der Waals surface area (Å²) in [5.74, 6) is 2.42. The van der Waals surface area contributed by atoms with Crippen LogP contribution in [0, 0.1) is 0 Å². The molecule has 0 aliphatic heterocycles. The quantitative estimate of drug-likeness (QED) is 0.616. The van der Waals surface area contributed by atoms with Crippen molar-refractivity contribution >= 4 is 10.9 Å². The average molecular weight is 339 g/mol. The van der Waals surface area contributed by atoms with Crippen LogP contribution in [0.3, 0.4) is 0 Å². The molecule has 1 atom stereocenters. The molecule has 1 aromatic heterocycles. The van der Waals surface area contributed by atoms with Crippen LogP contribution >= 0.6 is 0 Å². The Bertz CT molecular complexity index is 836. The molecular formula is C21H25NO3. The second kappa shape index (κ2) is 7.51. The Morgan fingerprint density at radius 1 is 0.880 bits per heavy atom. The van der Waals surface area contributed by atoms with E-state index in [0.29, 0.717) is 6.04 Å². The van der Waals surface area contributed by atoms with E-state index in [1.165, 1.54) is 11.1 Å². The molecule has 0 spiro atoms. The van der Waals surface area contributed by atoms with Crippen molar-refractivity contribution < 1.29 is 14.2 Å². The highest BCUT2D eigenvalue weighted by atomic mass is 16.5. The molecule has 0 aliphatic carbocycles. The Morgan fingerprint density at radius 2 is 1.56 bits per heavy atom. The number of fused-ring (bicyclic) bond motifs is 1. The summed E-state index contributed by atoms with van der Waals surface area (Å²) in [7, 11) is 5.03. The summed E-state index contributed by atoms with van der Waals surface area (Å²) in [4.78, 5) is 0. The molecule has 0 radical (unpaired) electrons. The van der Waals surface area contributed by atoms with E-state index in [0.717, 1.165) is 35.5 Å². The Kier molecular flexibility index (Phi) is 5.17. The fraction of sp³-hybridized carbons (Fsp3) is 0.333. The van der Waals surface area contributed by atoms with Crippen molar-refractivity contribution in [3.63, 3.8) is 0 Å². The smallest absolute Gasteiger partial charge is 0.162 e. The number of methoxy groups -OCH3 is 3. The topological polar surface area (TPSA) is 32.6 Å². The highest BCUT2D eigenvalue weighted by Gasteiger charge is 2.13. The molecule has 0 saturated carbocycles. The van der Waals surface area contributed by atoms with Gasteiger partial charge in [-0.3, -0.25) is 0 Å². The lowest BCUT2D eigenvalue weighted by Crippen LogP contribution is -2.05. The largest absolute Gasteiger partial charge is 0.497 e. The van der Waals surface area contributed by atoms with Gasteiger partial charge < -0.3 is 18.8 Å². The minimum Gasteiger partial charge on any atom is -0.497 e. The number of benzene rings is 2. The van der Waals surface area contributed by atoms with Crippen molar-refractivity contribution in [3.8, 4) is 17.2 Å². The standard InChI is InChI=1S/C21H25NO3/c1-15(5-6-16-7-9-18(23-2)10-8-16)22-12-11-17-13-20(24-3)21(25-4)14-19(17)22/h7-15H,5-6H2,1-4H3. The third-order valence-corrected chi connectivity index (χ3v) is 4.71. The molecule has 0 saturated heterocycles. The minimum atomic E-state index is 0.387. The third kappa shape index (κ3) is 3.58. The number of hydrogen-bond acceptors (Lipinski definition) is 3. The van der Waals surface area contributed by atoms with Crippen LogP contribution in [0.2, 0.25) is 0 Å². The van der Waals surface area contributed by atoms with Crippen LogP contribution in [-0.4, -0.2) is 25.9 Å². The fourth-order valence-electron chi connectivity index (χ4n) is 3.17. The molecule has 4 heteroatoms. The van der Waals surface area contributed by atoms with Crippen LogP contribution in [0.1, 0.15) is 24.9 Å². The zero-order valence-corrected chi connectivity index (χ0v) is 15.3. The molecule has 25 heavy (non-hydrogen) atoms. The number of rotatable bonds is 7. The summed E-state index contributed by atoms with van der Waals surface area (Å²) >= 11 is 0. The first-order valence-corrected chi connectivity index (χ1v) is 8.51. The van der Waals surface area contributed by atoms with Gasteiger partial charge in [0.25, 0.3) is 0 Å². The fourth-order valence-corrected chi connectivity index (χ4v) is 3.17. The molecule has 1 unspecified atom stereocenters. The molecule has 1 heterocycles. The van der Waals surface area contributed by atoms with E-state index >= 15 is 0 Å². The Morgan fingerprint density at radius 3 is 2.20 bits per heavy atom. The summed E-state index contributed by atoms with van der Waals surface area (Å²) < 4.78 is 18.4. The summed E-state index contributed by atoms with van der Waals surface area (Å²) in [5.41, 5.74) is 2.49. The van der Waals surface area contributed by atoms with Crippen LogP contribution in [-0.2, 0) is 6.42 Å². The van der Waals surface area contributed by atoms with Gasteiger partial charge in [0.1, 0.15) is 5.75 Å². The normalized spacial score (nSPS) is 12.2. The Hall–Kier alpha value is -2.62. The van der Waals surface area contributed by atoms with Crippen LogP contribution < -0.4 is 14.2 Å². The van der Waals surface area contributed by atoms with Crippen molar-refractivity contribution in [2.45, 2.75) is 25.8 Å². The molecule has 3 aromatic rings. The predicted octanol–water partition coefficient (Wildman–Crippen LogP) is 4.86. The number of ether oxygens (including phenoxy) is 3. The van der Waals surface area contributed by atoms with E-state index in [2.05, 4.69) is 42.0 Å². The van der Waals surface area contributed by atoms with E-state index < -0.39 is 0 Å². The van der Waals surface area contributed by atoms with E-state index in [-0.39, 0.29) is 0 Å². The highest BCUT2D eigenvalue weighted by molar-refractivity contribution is 5.84. The lowest BCUT2D eigenvalue weighted by Gasteiger charge is -2.16. The number of nitrogens with zero attached hydrogens (tertiary/aromatic N) is 1. The van der Waals surface area contributed by atoms with Crippen LogP contribution in [0.15, 0.2) is 48.7 Å². The average Bonchev–Trinajstić information content (AvgIpc) is 3.08. The predicted molar refractivity (Wildman–Crippen MR) is 101 cm³/mol. The first kappa shape index (κ1) is 17.2. The van der Waals surface area contributed by atoms with Gasteiger partial charge in [-0.05, 0) is 49.6 Å². The molecule has 2 aromatic carbocycles. The van der Waals surface area contributed by atoms with E-state index in [1.807, 2.05) is 18.2 Å². The van der Waals surface area contributed by atoms with Crippen LogP contribution in [0.5, 0.6) is 17.2 Å². The summed E-state index contributed by atoms with van der Waals surface area (Å²) in [6, 6.07) is 14.9. The monoisotopic (exact) mass is 339 g/mol. The van der Waals surface area contributed by atoms with Gasteiger partial charge in [-0.1, -0.05) is 12.1 Å². The van der Waals surface area contributed by atoms with Gasteiger partial charge in [-0.15, -0.1) is 0 Å². The maximum absolute atomic E-state index is 5.45. The molecule has 0 bridgehead atoms. The zero-order valence-electron chi connectivity index (χ0n) is 15.3. The number of hydrogen-bond donors (Lipinski definition) is 0. The van der Waals surface area contributed by atoms with Gasteiger partial charge >= 0.3 is 0 Å². The van der Waals surface area contributed by atoms with E-state index in [9.17, 15) is 0 Å². The van der Waals surface area contributed by atoms with Crippen molar-refractivity contribution in [1.29, 1.82) is 0 Å². The molecule has 3 rings (SSSR count). The Labute approximate surface area is 148 Å². The molecule has 0 N–H and O–H groups in total. The van der Waals surface area contributed by atoms with E-state index in [4.69, 9.17) is 14.2 Å². The Balaban J connectivity index is 1.78. The maximum atomic E-state index is 5.45. The zero-order chi connectivity index (χ0) is 17.8. The third-order valence-electron chi connectivity index (χ3n) is 4.71. The van der Waals surface area contributed by atoms with Crippen molar-refractivity contribution in [2.75, 3.05) is 21.3 Å². The first-order valence-electron chi connectivity index (χ1n) is 8.51. The second-order valence-corrected chi connectivity index (χ2v) is 6.22. The number of aryl methyl sites for hydroxylation is 1. The van der Waals surface area contributed by atoms with Crippen molar-refractivity contribution in [3.05, 3.63) is 54.2 Å². The molecular weight excluding hydrogens is 314 g/mol. The second-order valence-electron chi connectivity index (χ2n) is 6.22. The van der Waals surface area contributed by atoms with Crippen LogP contribution in [0.4, 0.5) is 0 Å². The lowest BCUT2D eigenvalue weighted by molar-refractivity contribution is 0.355. The molecule has 4 nitrogen and oxygen atoms in total. The highest BCUT2D eigenvalue weighted by Crippen LogP contribution is 2.34. The van der Waals surface area contributed by atoms with Gasteiger partial charge in [0.05, 0.1) is 26.8 Å². The number of aromatic nitrogens is 1. The lowest BCUT2D eigenvalue weighted by atomic mass is 10.1. The van der Waals surface area contributed by atoms with Crippen LogP contribution in [0.25, 0.3) is 10.9 Å². The molecule has 132 valence electrons. The van der Waals surface area contributed by atoms with E-state index in [1.54, 1.807) is 21.3 Å². The van der Waals surface area contributed by atoms with Gasteiger partial charge in [0.15, 0.2) is 11.5 Å². The van der Waals surface area contributed by atoms with Gasteiger partial charge in [-0.25, -0.2) is 0 Å². The summed E-state index contributed by atoms with van der Waals surface area (Å²) in [6.07, 6.45) is 4.23. The van der Waals surface area contributed by atoms with Crippen molar-refractivity contribution in [1.82, 2.24) is 4.57 Å².